The molecule has 4 N–H and O–H groups in total. The average Bonchev–Trinajstić information content (AvgIpc) is 2.12. The van der Waals surface area contributed by atoms with Gasteiger partial charge in [0.1, 0.15) is 0 Å². The highest BCUT2D eigenvalue weighted by Gasteiger charge is 2.27. The lowest BCUT2D eigenvalue weighted by Gasteiger charge is -2.39. The van der Waals surface area contributed by atoms with Gasteiger partial charge in [-0.05, 0) is 13.8 Å². The number of hydrogen-bond donors (Lipinski definition) is 2. The molecule has 5 nitrogen and oxygen atoms in total. The number of nitrogens with two attached hydrogens (primary N) is 2. The summed E-state index contributed by atoms with van der Waals surface area (Å²) in [5.41, 5.74) is 10.8. The van der Waals surface area contributed by atoms with Crippen LogP contribution in [-0.2, 0) is 9.53 Å². The molecular formula is C10H21N3O2. The zero-order chi connectivity index (χ0) is 11.4. The van der Waals surface area contributed by atoms with Crippen LogP contribution in [0.25, 0.3) is 0 Å². The number of nitrogens with zero attached hydrogens (tertiary/aromatic N) is 1. The summed E-state index contributed by atoms with van der Waals surface area (Å²) < 4.78 is 5.62. The first-order valence-corrected chi connectivity index (χ1v) is 5.40. The van der Waals surface area contributed by atoms with Gasteiger partial charge < -0.3 is 16.2 Å². The minimum Gasteiger partial charge on any atom is -0.373 e. The summed E-state index contributed by atoms with van der Waals surface area (Å²) in [4.78, 5) is 13.1. The lowest BCUT2D eigenvalue weighted by molar-refractivity contribution is -0.121. The van der Waals surface area contributed by atoms with E-state index >= 15 is 0 Å². The molecule has 1 saturated heterocycles. The number of primary amides is 1. The Morgan fingerprint density at radius 2 is 2.00 bits per heavy atom. The van der Waals surface area contributed by atoms with Gasteiger partial charge in [-0.15, -0.1) is 0 Å². The molecule has 0 spiro atoms. The van der Waals surface area contributed by atoms with Crippen molar-refractivity contribution in [3.63, 3.8) is 0 Å². The molecule has 3 unspecified atom stereocenters. The van der Waals surface area contributed by atoms with Crippen LogP contribution in [0.1, 0.15) is 20.3 Å². The van der Waals surface area contributed by atoms with E-state index in [0.717, 1.165) is 13.1 Å². The number of rotatable bonds is 4. The van der Waals surface area contributed by atoms with E-state index in [1.54, 1.807) is 0 Å². The molecule has 0 saturated carbocycles. The maximum absolute atomic E-state index is 10.9. The van der Waals surface area contributed by atoms with Crippen LogP contribution in [0.15, 0.2) is 0 Å². The summed E-state index contributed by atoms with van der Waals surface area (Å²) in [6, 6.07) is 0.0521. The second-order valence-corrected chi connectivity index (χ2v) is 4.27. The summed E-state index contributed by atoms with van der Waals surface area (Å²) in [5.74, 6) is -0.294. The SMILES string of the molecule is CC1CN(C(CN)CC(N)=O)CC(C)O1. The number of hydrogen-bond acceptors (Lipinski definition) is 4. The van der Waals surface area contributed by atoms with E-state index < -0.39 is 0 Å². The Balaban J connectivity index is 2.54. The van der Waals surface area contributed by atoms with Crippen LogP contribution in [0.4, 0.5) is 0 Å². The third-order valence-corrected chi connectivity index (χ3v) is 2.67. The lowest BCUT2D eigenvalue weighted by Crippen LogP contribution is -2.53. The Morgan fingerprint density at radius 1 is 1.47 bits per heavy atom. The molecule has 0 aromatic heterocycles. The monoisotopic (exact) mass is 215 g/mol. The standard InChI is InChI=1S/C10H21N3O2/c1-7-5-13(6-8(2)15-7)9(4-11)3-10(12)14/h7-9H,3-6,11H2,1-2H3,(H2,12,14). The predicted molar refractivity (Wildman–Crippen MR) is 58.2 cm³/mol. The number of morpholine rings is 1. The minimum absolute atomic E-state index is 0.0521. The summed E-state index contributed by atoms with van der Waals surface area (Å²) in [5, 5.41) is 0. The molecule has 15 heavy (non-hydrogen) atoms. The molecule has 0 aliphatic carbocycles. The zero-order valence-electron chi connectivity index (χ0n) is 9.48. The van der Waals surface area contributed by atoms with Gasteiger partial charge in [0.25, 0.3) is 0 Å². The largest absolute Gasteiger partial charge is 0.373 e. The van der Waals surface area contributed by atoms with Crippen LogP contribution < -0.4 is 11.5 Å². The molecule has 1 aliphatic heterocycles. The number of carbonyl (C=O) groups excluding carboxylic acids is 1. The van der Waals surface area contributed by atoms with Gasteiger partial charge in [0, 0.05) is 32.1 Å². The van der Waals surface area contributed by atoms with Gasteiger partial charge in [0.05, 0.1) is 12.2 Å². The van der Waals surface area contributed by atoms with Gasteiger partial charge in [-0.2, -0.15) is 0 Å². The van der Waals surface area contributed by atoms with Gasteiger partial charge in [-0.3, -0.25) is 9.69 Å². The molecule has 3 atom stereocenters. The number of carbonyl (C=O) groups is 1. The Morgan fingerprint density at radius 3 is 2.40 bits per heavy atom. The maximum Gasteiger partial charge on any atom is 0.219 e. The van der Waals surface area contributed by atoms with Crippen LogP contribution in [0.3, 0.4) is 0 Å². The second kappa shape index (κ2) is 5.44. The molecule has 88 valence electrons. The fraction of sp³-hybridized carbons (Fsp3) is 0.900. The topological polar surface area (TPSA) is 81.6 Å². The van der Waals surface area contributed by atoms with E-state index in [1.807, 2.05) is 13.8 Å². The summed E-state index contributed by atoms with van der Waals surface area (Å²) in [6.07, 6.45) is 0.710. The molecule has 1 aliphatic rings. The van der Waals surface area contributed by atoms with Crippen molar-refractivity contribution in [1.29, 1.82) is 0 Å². The summed E-state index contributed by atoms with van der Waals surface area (Å²) >= 11 is 0. The summed E-state index contributed by atoms with van der Waals surface area (Å²) in [7, 11) is 0. The minimum atomic E-state index is -0.294. The zero-order valence-corrected chi connectivity index (χ0v) is 9.48. The van der Waals surface area contributed by atoms with Crippen LogP contribution in [0.5, 0.6) is 0 Å². The fourth-order valence-electron chi connectivity index (χ4n) is 2.11. The highest BCUT2D eigenvalue weighted by molar-refractivity contribution is 5.74. The third-order valence-electron chi connectivity index (χ3n) is 2.67. The van der Waals surface area contributed by atoms with Gasteiger partial charge in [0.2, 0.25) is 5.91 Å². The van der Waals surface area contributed by atoms with Crippen LogP contribution in [0.2, 0.25) is 0 Å². The summed E-state index contributed by atoms with van der Waals surface area (Å²) in [6.45, 7) is 6.16. The Kier molecular flexibility index (Phi) is 4.50. The van der Waals surface area contributed by atoms with Crippen LogP contribution >= 0.6 is 0 Å². The van der Waals surface area contributed by atoms with E-state index in [9.17, 15) is 4.79 Å². The van der Waals surface area contributed by atoms with Crippen molar-refractivity contribution in [3.05, 3.63) is 0 Å². The highest BCUT2D eigenvalue weighted by Crippen LogP contribution is 2.14. The van der Waals surface area contributed by atoms with E-state index in [4.69, 9.17) is 16.2 Å². The molecule has 5 heteroatoms. The van der Waals surface area contributed by atoms with E-state index in [1.165, 1.54) is 0 Å². The third kappa shape index (κ3) is 3.77. The van der Waals surface area contributed by atoms with Crippen molar-refractivity contribution in [1.82, 2.24) is 4.90 Å². The lowest BCUT2D eigenvalue weighted by atomic mass is 10.1. The molecular weight excluding hydrogens is 194 g/mol. The molecule has 1 amide bonds. The first-order valence-electron chi connectivity index (χ1n) is 5.40. The van der Waals surface area contributed by atoms with E-state index in [-0.39, 0.29) is 24.2 Å². The van der Waals surface area contributed by atoms with Crippen molar-refractivity contribution in [2.24, 2.45) is 11.5 Å². The first-order chi connectivity index (χ1) is 7.02. The molecule has 0 bridgehead atoms. The van der Waals surface area contributed by atoms with Gasteiger partial charge in [-0.1, -0.05) is 0 Å². The Bertz CT molecular complexity index is 213. The first kappa shape index (κ1) is 12.4. The molecule has 1 rings (SSSR count). The van der Waals surface area contributed by atoms with Crippen molar-refractivity contribution in [3.8, 4) is 0 Å². The highest BCUT2D eigenvalue weighted by atomic mass is 16.5. The quantitative estimate of drug-likeness (QED) is 0.649. The Labute approximate surface area is 90.7 Å². The maximum atomic E-state index is 10.9. The molecule has 0 aromatic rings. The number of amides is 1. The van der Waals surface area contributed by atoms with Crippen molar-refractivity contribution in [2.45, 2.75) is 38.5 Å². The second-order valence-electron chi connectivity index (χ2n) is 4.27. The van der Waals surface area contributed by atoms with Crippen molar-refractivity contribution in [2.75, 3.05) is 19.6 Å². The fourth-order valence-corrected chi connectivity index (χ4v) is 2.11. The molecule has 1 fully saturated rings. The smallest absolute Gasteiger partial charge is 0.219 e. The predicted octanol–water partition coefficient (Wildman–Crippen LogP) is -0.702. The Hall–Kier alpha value is -0.650. The van der Waals surface area contributed by atoms with Gasteiger partial charge >= 0.3 is 0 Å². The van der Waals surface area contributed by atoms with E-state index in [2.05, 4.69) is 4.90 Å². The molecule has 1 heterocycles. The number of ether oxygens (including phenoxy) is 1. The van der Waals surface area contributed by atoms with Crippen molar-refractivity contribution >= 4 is 5.91 Å². The van der Waals surface area contributed by atoms with Gasteiger partial charge in [0.15, 0.2) is 0 Å². The molecule has 0 aromatic carbocycles. The van der Waals surface area contributed by atoms with Gasteiger partial charge in [-0.25, -0.2) is 0 Å². The van der Waals surface area contributed by atoms with E-state index in [0.29, 0.717) is 13.0 Å². The normalized spacial score (nSPS) is 30.1. The van der Waals surface area contributed by atoms with Crippen LogP contribution in [0, 0.1) is 0 Å². The molecule has 0 radical (unpaired) electrons. The average molecular weight is 215 g/mol. The van der Waals surface area contributed by atoms with Crippen molar-refractivity contribution < 1.29 is 9.53 Å². The van der Waals surface area contributed by atoms with Crippen LogP contribution in [-0.4, -0.2) is 48.7 Å².